The number of benzene rings is 2. The normalized spacial score (nSPS) is 13.6. The van der Waals surface area contributed by atoms with E-state index in [1.807, 2.05) is 0 Å². The molecule has 0 spiro atoms. The van der Waals surface area contributed by atoms with Crippen molar-refractivity contribution in [1.82, 2.24) is 0 Å². The van der Waals surface area contributed by atoms with Gasteiger partial charge in [-0.05, 0) is 42.1 Å². The van der Waals surface area contributed by atoms with Crippen LogP contribution in [0, 0.1) is 10.1 Å². The number of nitro benzene ring substituents is 1. The van der Waals surface area contributed by atoms with Crippen LogP contribution in [0.2, 0.25) is 5.02 Å². The molecule has 0 radical (unpaired) electrons. The Morgan fingerprint density at radius 2 is 1.49 bits per heavy atom. The number of alkyl halides is 10. The van der Waals surface area contributed by atoms with Gasteiger partial charge in [0.25, 0.3) is 15.5 Å². The highest BCUT2D eigenvalue weighted by Crippen LogP contribution is 2.54. The van der Waals surface area contributed by atoms with Crippen LogP contribution in [0.15, 0.2) is 51.1 Å². The summed E-state index contributed by atoms with van der Waals surface area (Å²) in [7, 11) is -11.1. The van der Waals surface area contributed by atoms with Crippen LogP contribution in [0.1, 0.15) is 0 Å². The lowest BCUT2D eigenvalue weighted by molar-refractivity contribution is -0.388. The van der Waals surface area contributed by atoms with E-state index in [0.29, 0.717) is 12.1 Å². The summed E-state index contributed by atoms with van der Waals surface area (Å²) in [6.07, 6.45) is -6.73. The summed E-state index contributed by atoms with van der Waals surface area (Å²) in [6, 6.07) is 1.54. The van der Waals surface area contributed by atoms with Crippen LogP contribution in [0.25, 0.3) is 0 Å². The predicted molar refractivity (Wildman–Crippen MR) is 120 cm³/mol. The standard InChI is InChI=1S/C18H9ClF10N2O7S3/c19-10-3-2-9(41(37,38)18(27,28)29)6-11(10)30-14(32)7-40(35,36)13-4-1-8(5-12(13)31(33)34)39-17(25,26)15(20,21)16(22,23)24/h1-6H,7H2,(H,30,32). The first-order valence-corrected chi connectivity index (χ1v) is 14.0. The van der Waals surface area contributed by atoms with Crippen LogP contribution in [0.4, 0.5) is 55.3 Å². The van der Waals surface area contributed by atoms with Gasteiger partial charge in [0.15, 0.2) is 9.84 Å². The van der Waals surface area contributed by atoms with Crippen LogP contribution < -0.4 is 5.32 Å². The number of hydrogen-bond donors (Lipinski definition) is 1. The molecule has 0 atom stereocenters. The van der Waals surface area contributed by atoms with E-state index in [1.54, 1.807) is 5.32 Å². The molecule has 0 heterocycles. The number of carbonyl (C=O) groups excluding carboxylic acids is 1. The summed E-state index contributed by atoms with van der Waals surface area (Å²) >= 11 is 4.20. The molecular formula is C18H9ClF10N2O7S3. The second-order valence-electron chi connectivity index (χ2n) is 7.48. The number of anilines is 1. The molecule has 2 aromatic carbocycles. The smallest absolute Gasteiger partial charge is 0.324 e. The molecule has 0 unspecified atom stereocenters. The minimum Gasteiger partial charge on any atom is -0.324 e. The Kier molecular flexibility index (Phi) is 9.30. The minimum absolute atomic E-state index is 0.0713. The Balaban J connectivity index is 2.40. The maximum absolute atomic E-state index is 13.7. The number of amides is 1. The van der Waals surface area contributed by atoms with Crippen molar-refractivity contribution in [2.45, 2.75) is 37.5 Å². The predicted octanol–water partition coefficient (Wildman–Crippen LogP) is 5.84. The highest BCUT2D eigenvalue weighted by Gasteiger charge is 2.73. The number of thioether (sulfide) groups is 1. The van der Waals surface area contributed by atoms with E-state index in [0.717, 1.165) is 0 Å². The van der Waals surface area contributed by atoms with Gasteiger partial charge in [-0.3, -0.25) is 14.9 Å². The van der Waals surface area contributed by atoms with E-state index in [4.69, 9.17) is 11.6 Å². The summed E-state index contributed by atoms with van der Waals surface area (Å²) in [5.41, 5.74) is -8.24. The molecule has 9 nitrogen and oxygen atoms in total. The number of nitrogens with one attached hydrogen (secondary N) is 1. The summed E-state index contributed by atoms with van der Waals surface area (Å²) in [5.74, 6) is -10.0. The molecule has 41 heavy (non-hydrogen) atoms. The maximum atomic E-state index is 13.7. The lowest BCUT2D eigenvalue weighted by Gasteiger charge is -2.27. The lowest BCUT2D eigenvalue weighted by Crippen LogP contribution is -2.49. The van der Waals surface area contributed by atoms with E-state index >= 15 is 0 Å². The molecule has 0 aromatic heterocycles. The monoisotopic (exact) mass is 686 g/mol. The molecule has 0 saturated carbocycles. The van der Waals surface area contributed by atoms with Gasteiger partial charge in [-0.1, -0.05) is 11.6 Å². The molecule has 0 saturated heterocycles. The summed E-state index contributed by atoms with van der Waals surface area (Å²) in [5, 5.41) is 6.51. The SMILES string of the molecule is O=C(CS(=O)(=O)c1ccc(SC(F)(F)C(F)(F)C(F)(F)F)cc1[N+](=O)[O-])Nc1cc(S(=O)(=O)C(F)(F)F)ccc1Cl. The average molecular weight is 687 g/mol. The van der Waals surface area contributed by atoms with E-state index in [1.165, 1.54) is 0 Å². The molecule has 2 rings (SSSR count). The topological polar surface area (TPSA) is 141 Å². The molecule has 2 aromatic rings. The van der Waals surface area contributed by atoms with Crippen molar-refractivity contribution in [3.8, 4) is 0 Å². The zero-order valence-corrected chi connectivity index (χ0v) is 22.1. The molecule has 0 bridgehead atoms. The number of nitrogens with zero attached hydrogens (tertiary/aromatic N) is 1. The van der Waals surface area contributed by atoms with Crippen molar-refractivity contribution in [3.05, 3.63) is 51.5 Å². The minimum atomic E-state index is -6.73. The van der Waals surface area contributed by atoms with Crippen molar-refractivity contribution in [1.29, 1.82) is 0 Å². The molecule has 228 valence electrons. The summed E-state index contributed by atoms with van der Waals surface area (Å²) < 4.78 is 177. The molecule has 0 aliphatic carbocycles. The fraction of sp³-hybridized carbons (Fsp3) is 0.278. The number of rotatable bonds is 9. The second-order valence-corrected chi connectivity index (χ2v) is 13.0. The highest BCUT2D eigenvalue weighted by atomic mass is 35.5. The third-order valence-electron chi connectivity index (χ3n) is 4.58. The van der Waals surface area contributed by atoms with Gasteiger partial charge >= 0.3 is 22.9 Å². The van der Waals surface area contributed by atoms with Crippen molar-refractivity contribution >= 4 is 60.3 Å². The van der Waals surface area contributed by atoms with Crippen molar-refractivity contribution in [2.24, 2.45) is 0 Å². The first-order valence-electron chi connectivity index (χ1n) is 9.68. The van der Waals surface area contributed by atoms with Crippen molar-refractivity contribution in [2.75, 3.05) is 11.1 Å². The Hall–Kier alpha value is -2.85. The Labute approximate surface area is 230 Å². The number of halogens is 11. The zero-order chi connectivity index (χ0) is 32.0. The van der Waals surface area contributed by atoms with Gasteiger partial charge in [0.2, 0.25) is 5.91 Å². The number of nitro groups is 1. The molecule has 23 heteroatoms. The lowest BCUT2D eigenvalue weighted by atomic mass is 10.3. The highest BCUT2D eigenvalue weighted by molar-refractivity contribution is 8.00. The van der Waals surface area contributed by atoms with Crippen LogP contribution in [0.5, 0.6) is 0 Å². The second kappa shape index (κ2) is 11.1. The summed E-state index contributed by atoms with van der Waals surface area (Å²) in [6.45, 7) is 0. The fourth-order valence-corrected chi connectivity index (χ4v) is 5.78. The molecular weight excluding hydrogens is 678 g/mol. The van der Waals surface area contributed by atoms with Gasteiger partial charge in [0.05, 0.1) is 20.5 Å². The average Bonchev–Trinajstić information content (AvgIpc) is 2.77. The summed E-state index contributed by atoms with van der Waals surface area (Å²) in [4.78, 5) is 17.9. The molecule has 0 fully saturated rings. The van der Waals surface area contributed by atoms with Crippen LogP contribution in [-0.4, -0.2) is 56.3 Å². The van der Waals surface area contributed by atoms with Crippen LogP contribution in [-0.2, 0) is 24.5 Å². The Bertz CT molecular complexity index is 1590. The largest absolute Gasteiger partial charge is 0.501 e. The maximum Gasteiger partial charge on any atom is 0.501 e. The van der Waals surface area contributed by atoms with Crippen molar-refractivity contribution < 1.29 is 70.5 Å². The van der Waals surface area contributed by atoms with E-state index in [2.05, 4.69) is 0 Å². The van der Waals surface area contributed by atoms with Gasteiger partial charge in [-0.2, -0.15) is 43.9 Å². The van der Waals surface area contributed by atoms with Crippen LogP contribution in [0.3, 0.4) is 0 Å². The van der Waals surface area contributed by atoms with Gasteiger partial charge < -0.3 is 5.32 Å². The quantitative estimate of drug-likeness (QED) is 0.150. The Morgan fingerprint density at radius 1 is 0.927 bits per heavy atom. The molecule has 1 N–H and O–H groups in total. The molecule has 0 aliphatic rings. The number of carbonyl (C=O) groups is 1. The number of sulfone groups is 2. The van der Waals surface area contributed by atoms with E-state index < -0.39 is 102 Å². The third-order valence-corrected chi connectivity index (χ3v) is 9.05. The number of hydrogen-bond acceptors (Lipinski definition) is 8. The van der Waals surface area contributed by atoms with E-state index in [9.17, 15) is 75.6 Å². The third kappa shape index (κ3) is 7.15. The molecule has 1 amide bonds. The van der Waals surface area contributed by atoms with Gasteiger partial charge in [0, 0.05) is 11.0 Å². The van der Waals surface area contributed by atoms with Gasteiger partial charge in [-0.25, -0.2) is 16.8 Å². The first kappa shape index (κ1) is 34.4. The first-order chi connectivity index (χ1) is 18.2. The van der Waals surface area contributed by atoms with E-state index in [-0.39, 0.29) is 24.3 Å². The van der Waals surface area contributed by atoms with Gasteiger partial charge in [0.1, 0.15) is 10.6 Å². The van der Waals surface area contributed by atoms with Gasteiger partial charge in [-0.15, -0.1) is 0 Å². The Morgan fingerprint density at radius 3 is 1.98 bits per heavy atom. The molecule has 0 aliphatic heterocycles. The van der Waals surface area contributed by atoms with Crippen molar-refractivity contribution in [3.63, 3.8) is 0 Å². The van der Waals surface area contributed by atoms with Crippen LogP contribution >= 0.6 is 23.4 Å². The zero-order valence-electron chi connectivity index (χ0n) is 18.9. The fourth-order valence-electron chi connectivity index (χ4n) is 2.68.